The summed E-state index contributed by atoms with van der Waals surface area (Å²) >= 11 is 0. The van der Waals surface area contributed by atoms with Gasteiger partial charge in [0.15, 0.2) is 11.6 Å². The molecule has 1 aromatic carbocycles. The number of alkyl carbamates (subject to hydrolysis) is 1. The smallest absolute Gasteiger partial charge is 0.408 e. The van der Waals surface area contributed by atoms with Crippen LogP contribution in [0.3, 0.4) is 0 Å². The number of amides is 1. The minimum Gasteiger partial charge on any atom is -0.480 e. The van der Waals surface area contributed by atoms with E-state index >= 15 is 0 Å². The summed E-state index contributed by atoms with van der Waals surface area (Å²) in [6, 6.07) is 6.70. The molecule has 1 aromatic rings. The van der Waals surface area contributed by atoms with Gasteiger partial charge in [-0.05, 0) is 57.6 Å². The van der Waals surface area contributed by atoms with Gasteiger partial charge >= 0.3 is 12.1 Å². The third kappa shape index (κ3) is 5.58. The third-order valence-electron chi connectivity index (χ3n) is 6.29. The van der Waals surface area contributed by atoms with E-state index in [1.807, 2.05) is 6.07 Å². The molecule has 1 amide bonds. The van der Waals surface area contributed by atoms with Crippen molar-refractivity contribution in [3.8, 4) is 0 Å². The average Bonchev–Trinajstić information content (AvgIpc) is 3.16. The van der Waals surface area contributed by atoms with Crippen LogP contribution >= 0.6 is 0 Å². The van der Waals surface area contributed by atoms with E-state index in [4.69, 9.17) is 21.9 Å². The maximum absolute atomic E-state index is 13.8. The van der Waals surface area contributed by atoms with E-state index in [9.17, 15) is 24.3 Å². The van der Waals surface area contributed by atoms with E-state index in [0.717, 1.165) is 5.56 Å². The number of carboxylic acid groups (broad SMARTS) is 1. The highest BCUT2D eigenvalue weighted by molar-refractivity contribution is 6.16. The molecule has 0 aromatic heterocycles. The van der Waals surface area contributed by atoms with Crippen molar-refractivity contribution in [3.63, 3.8) is 0 Å². The Balaban J connectivity index is 2.32. The number of ether oxygens (including phenoxy) is 1. The number of ketones is 2. The second-order valence-corrected chi connectivity index (χ2v) is 8.60. The molecule has 1 fully saturated rings. The lowest BCUT2D eigenvalue weighted by molar-refractivity contribution is -0.159. The number of benzene rings is 1. The monoisotopic (exact) mass is 462 g/mol. The molecule has 2 rings (SSSR count). The Morgan fingerprint density at radius 2 is 1.79 bits per heavy atom. The number of rotatable bonds is 12. The maximum Gasteiger partial charge on any atom is 0.408 e. The van der Waals surface area contributed by atoms with Gasteiger partial charge in [-0.2, -0.15) is 0 Å². The normalized spacial score (nSPS) is 24.0. The van der Waals surface area contributed by atoms with Crippen LogP contribution in [0.2, 0.25) is 0 Å². The minimum absolute atomic E-state index is 0.0176. The summed E-state index contributed by atoms with van der Waals surface area (Å²) in [4.78, 5) is 51.7. The molecule has 1 aliphatic rings. The fraction of sp³-hybridized carbons (Fsp3) is 0.565. The average molecular weight is 463 g/mol. The van der Waals surface area contributed by atoms with Crippen molar-refractivity contribution >= 4 is 23.6 Å². The topological polar surface area (TPSA) is 188 Å². The molecule has 4 unspecified atom stereocenters. The van der Waals surface area contributed by atoms with Crippen LogP contribution in [-0.4, -0.2) is 52.9 Å². The van der Waals surface area contributed by atoms with E-state index < -0.39 is 46.7 Å². The summed E-state index contributed by atoms with van der Waals surface area (Å²) in [5.41, 5.74) is 14.2. The van der Waals surface area contributed by atoms with Crippen molar-refractivity contribution in [2.24, 2.45) is 22.6 Å². The van der Waals surface area contributed by atoms with Gasteiger partial charge < -0.3 is 32.4 Å². The van der Waals surface area contributed by atoms with Crippen LogP contribution < -0.4 is 22.5 Å². The van der Waals surface area contributed by atoms with E-state index in [1.54, 1.807) is 24.3 Å². The van der Waals surface area contributed by atoms with Crippen LogP contribution in [-0.2, 0) is 25.7 Å². The van der Waals surface area contributed by atoms with Gasteiger partial charge in [-0.15, -0.1) is 0 Å². The van der Waals surface area contributed by atoms with Crippen molar-refractivity contribution in [2.75, 3.05) is 6.54 Å². The Kier molecular flexibility index (Phi) is 9.09. The van der Waals surface area contributed by atoms with E-state index in [1.165, 1.54) is 6.92 Å². The molecule has 10 heteroatoms. The first-order chi connectivity index (χ1) is 15.6. The molecule has 10 nitrogen and oxygen atoms in total. The molecule has 4 atom stereocenters. The highest BCUT2D eigenvalue weighted by Gasteiger charge is 2.67. The van der Waals surface area contributed by atoms with Crippen LogP contribution in [0.25, 0.3) is 0 Å². The van der Waals surface area contributed by atoms with Gasteiger partial charge in [-0.1, -0.05) is 30.3 Å². The number of unbranched alkanes of at least 4 members (excludes halogenated alkanes) is 1. The second-order valence-electron chi connectivity index (χ2n) is 8.60. The van der Waals surface area contributed by atoms with Gasteiger partial charge in [0.2, 0.25) is 0 Å². The molecule has 8 N–H and O–H groups in total. The molecule has 0 bridgehead atoms. The zero-order valence-corrected chi connectivity index (χ0v) is 18.9. The van der Waals surface area contributed by atoms with Crippen LogP contribution in [0.4, 0.5) is 4.79 Å². The molecular formula is C23H34N4O6. The molecule has 0 saturated heterocycles. The summed E-state index contributed by atoms with van der Waals surface area (Å²) < 4.78 is 5.23. The highest BCUT2D eigenvalue weighted by Crippen LogP contribution is 2.48. The number of nitrogens with one attached hydrogen (secondary N) is 1. The van der Waals surface area contributed by atoms with Crippen molar-refractivity contribution in [2.45, 2.75) is 69.7 Å². The van der Waals surface area contributed by atoms with Crippen LogP contribution in [0, 0.1) is 5.41 Å². The third-order valence-corrected chi connectivity index (χ3v) is 6.29. The van der Waals surface area contributed by atoms with Gasteiger partial charge in [-0.3, -0.25) is 14.4 Å². The SMILES string of the molecule is CC(N)C(=O)C1(C(=O)C(CCCCN)NC(=O)OCc2ccccc2)CCCC1(N)C(=O)O. The molecular weight excluding hydrogens is 428 g/mol. The quantitative estimate of drug-likeness (QED) is 0.221. The molecule has 0 radical (unpaired) electrons. The lowest BCUT2D eigenvalue weighted by Gasteiger charge is -2.40. The fourth-order valence-electron chi connectivity index (χ4n) is 4.52. The first-order valence-corrected chi connectivity index (χ1v) is 11.1. The summed E-state index contributed by atoms with van der Waals surface area (Å²) in [7, 11) is 0. The minimum atomic E-state index is -2.11. The summed E-state index contributed by atoms with van der Waals surface area (Å²) in [6.45, 7) is 1.75. The van der Waals surface area contributed by atoms with Crippen molar-refractivity contribution in [1.82, 2.24) is 5.32 Å². The maximum atomic E-state index is 13.8. The molecule has 0 aliphatic heterocycles. The van der Waals surface area contributed by atoms with Crippen molar-refractivity contribution < 1.29 is 29.0 Å². The fourth-order valence-corrected chi connectivity index (χ4v) is 4.52. The molecule has 1 aliphatic carbocycles. The first kappa shape index (κ1) is 26.4. The number of carbonyl (C=O) groups excluding carboxylic acids is 3. The summed E-state index contributed by atoms with van der Waals surface area (Å²) in [5, 5.41) is 12.4. The van der Waals surface area contributed by atoms with Gasteiger partial charge in [0.05, 0.1) is 12.1 Å². The number of aliphatic carboxylic acids is 1. The van der Waals surface area contributed by atoms with Crippen LogP contribution in [0.15, 0.2) is 30.3 Å². The number of hydrogen-bond acceptors (Lipinski definition) is 8. The summed E-state index contributed by atoms with van der Waals surface area (Å²) in [5.74, 6) is -2.94. The standard InChI is InChI=1S/C23H34N4O6/c1-15(25)18(28)22(11-7-12-23(22,26)20(30)31)19(29)17(10-5-6-13-24)27-21(32)33-14-16-8-3-2-4-9-16/h2-4,8-9,15,17H,5-7,10-14,24-26H2,1H3,(H,27,32)(H,30,31). The molecule has 0 heterocycles. The Bertz CT molecular complexity index is 862. The molecule has 33 heavy (non-hydrogen) atoms. The predicted molar refractivity (Wildman–Crippen MR) is 121 cm³/mol. The van der Waals surface area contributed by atoms with Gasteiger partial charge in [0, 0.05) is 0 Å². The Morgan fingerprint density at radius 1 is 1.12 bits per heavy atom. The Hall–Kier alpha value is -2.82. The number of Topliss-reactive ketones (excluding diaryl/α,β-unsaturated/α-hetero) is 2. The Morgan fingerprint density at radius 3 is 2.36 bits per heavy atom. The zero-order chi connectivity index (χ0) is 24.6. The molecule has 1 saturated carbocycles. The molecule has 0 spiro atoms. The number of hydrogen-bond donors (Lipinski definition) is 5. The first-order valence-electron chi connectivity index (χ1n) is 11.1. The summed E-state index contributed by atoms with van der Waals surface area (Å²) in [6.07, 6.45) is 0.499. The Labute approximate surface area is 193 Å². The van der Waals surface area contributed by atoms with E-state index in [2.05, 4.69) is 5.32 Å². The van der Waals surface area contributed by atoms with E-state index in [0.29, 0.717) is 19.4 Å². The van der Waals surface area contributed by atoms with Crippen molar-refractivity contribution in [3.05, 3.63) is 35.9 Å². The lowest BCUT2D eigenvalue weighted by atomic mass is 9.63. The number of carbonyl (C=O) groups is 4. The largest absolute Gasteiger partial charge is 0.480 e. The zero-order valence-electron chi connectivity index (χ0n) is 18.9. The lowest BCUT2D eigenvalue weighted by Crippen LogP contribution is -2.69. The molecule has 182 valence electrons. The van der Waals surface area contributed by atoms with Crippen LogP contribution in [0.1, 0.15) is 51.0 Å². The van der Waals surface area contributed by atoms with Crippen LogP contribution in [0.5, 0.6) is 0 Å². The van der Waals surface area contributed by atoms with E-state index in [-0.39, 0.29) is 32.3 Å². The number of nitrogens with two attached hydrogens (primary N) is 3. The highest BCUT2D eigenvalue weighted by atomic mass is 16.5. The van der Waals surface area contributed by atoms with Gasteiger partial charge in [0.25, 0.3) is 0 Å². The predicted octanol–water partition coefficient (Wildman–Crippen LogP) is 0.848. The second kappa shape index (κ2) is 11.4. The number of carboxylic acids is 1. The van der Waals surface area contributed by atoms with Crippen molar-refractivity contribution in [1.29, 1.82) is 0 Å². The van der Waals surface area contributed by atoms with Gasteiger partial charge in [0.1, 0.15) is 17.6 Å². The van der Waals surface area contributed by atoms with Gasteiger partial charge in [-0.25, -0.2) is 4.79 Å².